The molecule has 6 nitrogen and oxygen atoms in total. The maximum absolute atomic E-state index is 9.20. The molecule has 1 aromatic rings. The van der Waals surface area contributed by atoms with E-state index < -0.39 is 0 Å². The van der Waals surface area contributed by atoms with E-state index in [2.05, 4.69) is 16.9 Å². The molecule has 1 fully saturated rings. The highest BCUT2D eigenvalue weighted by Crippen LogP contribution is 2.28. The second-order valence-corrected chi connectivity index (χ2v) is 4.67. The van der Waals surface area contributed by atoms with Crippen molar-refractivity contribution in [3.63, 3.8) is 0 Å². The van der Waals surface area contributed by atoms with Crippen molar-refractivity contribution in [2.45, 2.75) is 32.9 Å². The summed E-state index contributed by atoms with van der Waals surface area (Å²) in [7, 11) is 0. The Morgan fingerprint density at radius 1 is 1.56 bits per heavy atom. The van der Waals surface area contributed by atoms with Crippen LogP contribution in [-0.2, 0) is 11.3 Å². The van der Waals surface area contributed by atoms with Crippen LogP contribution >= 0.6 is 0 Å². The SMILES string of the molecule is CCCn1nc(C)c(N)c1N1CCOC(CO)C1. The molecule has 6 heteroatoms. The van der Waals surface area contributed by atoms with Gasteiger partial charge in [-0.1, -0.05) is 6.92 Å². The third-order valence-electron chi connectivity index (χ3n) is 3.22. The zero-order valence-corrected chi connectivity index (χ0v) is 11.1. The second-order valence-electron chi connectivity index (χ2n) is 4.67. The number of rotatable bonds is 4. The molecule has 1 unspecified atom stereocenters. The molecule has 1 atom stereocenters. The number of morpholine rings is 1. The lowest BCUT2D eigenvalue weighted by molar-refractivity contribution is 0.00318. The van der Waals surface area contributed by atoms with Crippen LogP contribution in [0.5, 0.6) is 0 Å². The fourth-order valence-corrected chi connectivity index (χ4v) is 2.31. The summed E-state index contributed by atoms with van der Waals surface area (Å²) in [5.41, 5.74) is 7.73. The number of aliphatic hydroxyl groups excluding tert-OH is 1. The van der Waals surface area contributed by atoms with Gasteiger partial charge in [-0.25, -0.2) is 4.68 Å². The van der Waals surface area contributed by atoms with Gasteiger partial charge < -0.3 is 20.5 Å². The van der Waals surface area contributed by atoms with Gasteiger partial charge in [-0.3, -0.25) is 0 Å². The van der Waals surface area contributed by atoms with E-state index in [1.165, 1.54) is 0 Å². The average Bonchev–Trinajstić information content (AvgIpc) is 2.65. The Morgan fingerprint density at radius 3 is 3.00 bits per heavy atom. The summed E-state index contributed by atoms with van der Waals surface area (Å²) in [6, 6.07) is 0. The van der Waals surface area contributed by atoms with Crippen molar-refractivity contribution in [3.05, 3.63) is 5.69 Å². The Kier molecular flexibility index (Phi) is 4.08. The fraction of sp³-hybridized carbons (Fsp3) is 0.750. The van der Waals surface area contributed by atoms with E-state index >= 15 is 0 Å². The highest BCUT2D eigenvalue weighted by atomic mass is 16.5. The molecule has 3 N–H and O–H groups in total. The molecule has 0 bridgehead atoms. The summed E-state index contributed by atoms with van der Waals surface area (Å²) in [6.45, 7) is 7.00. The van der Waals surface area contributed by atoms with Gasteiger partial charge in [0.25, 0.3) is 0 Å². The molecular weight excluding hydrogens is 232 g/mol. The van der Waals surface area contributed by atoms with Crippen LogP contribution < -0.4 is 10.6 Å². The van der Waals surface area contributed by atoms with Crippen LogP contribution in [0.2, 0.25) is 0 Å². The number of nitrogens with zero attached hydrogens (tertiary/aromatic N) is 3. The Balaban J connectivity index is 2.25. The lowest BCUT2D eigenvalue weighted by atomic mass is 10.2. The van der Waals surface area contributed by atoms with Gasteiger partial charge >= 0.3 is 0 Å². The molecule has 102 valence electrons. The number of nitrogens with two attached hydrogens (primary N) is 1. The number of aromatic nitrogens is 2. The van der Waals surface area contributed by atoms with Crippen molar-refractivity contribution in [1.82, 2.24) is 9.78 Å². The third-order valence-corrected chi connectivity index (χ3v) is 3.22. The number of anilines is 2. The van der Waals surface area contributed by atoms with Crippen LogP contribution in [0.15, 0.2) is 0 Å². The molecule has 1 aliphatic heterocycles. The zero-order valence-electron chi connectivity index (χ0n) is 11.1. The van der Waals surface area contributed by atoms with Gasteiger partial charge in [0.2, 0.25) is 0 Å². The first kappa shape index (κ1) is 13.2. The molecule has 1 aromatic heterocycles. The zero-order chi connectivity index (χ0) is 13.1. The first-order valence-corrected chi connectivity index (χ1v) is 6.47. The minimum Gasteiger partial charge on any atom is -0.394 e. The average molecular weight is 254 g/mol. The largest absolute Gasteiger partial charge is 0.394 e. The van der Waals surface area contributed by atoms with E-state index in [4.69, 9.17) is 10.5 Å². The second kappa shape index (κ2) is 5.58. The van der Waals surface area contributed by atoms with E-state index in [9.17, 15) is 5.11 Å². The molecular formula is C12H22N4O2. The molecule has 2 rings (SSSR count). The normalized spacial score (nSPS) is 20.4. The molecule has 0 spiro atoms. The minimum absolute atomic E-state index is 0.0390. The van der Waals surface area contributed by atoms with Gasteiger partial charge in [0.05, 0.1) is 30.7 Å². The summed E-state index contributed by atoms with van der Waals surface area (Å²) in [6.07, 6.45) is 0.879. The van der Waals surface area contributed by atoms with Crippen molar-refractivity contribution < 1.29 is 9.84 Å². The first-order chi connectivity index (χ1) is 8.67. The number of nitrogen functional groups attached to an aromatic ring is 1. The van der Waals surface area contributed by atoms with Crippen molar-refractivity contribution >= 4 is 11.5 Å². The monoisotopic (exact) mass is 254 g/mol. The Labute approximate surface area is 107 Å². The van der Waals surface area contributed by atoms with Gasteiger partial charge in [0, 0.05) is 19.6 Å². The quantitative estimate of drug-likeness (QED) is 0.812. The molecule has 1 aliphatic rings. The predicted octanol–water partition coefficient (Wildman–Crippen LogP) is 0.381. The van der Waals surface area contributed by atoms with E-state index in [0.717, 1.165) is 36.7 Å². The fourth-order valence-electron chi connectivity index (χ4n) is 2.31. The highest BCUT2D eigenvalue weighted by molar-refractivity contribution is 5.66. The molecule has 0 saturated carbocycles. The molecule has 0 amide bonds. The topological polar surface area (TPSA) is 76.5 Å². The Bertz CT molecular complexity index is 405. The van der Waals surface area contributed by atoms with Gasteiger partial charge in [0.1, 0.15) is 0 Å². The molecule has 0 radical (unpaired) electrons. The maximum atomic E-state index is 9.20. The van der Waals surface area contributed by atoms with Crippen LogP contribution in [0.3, 0.4) is 0 Å². The van der Waals surface area contributed by atoms with Crippen LogP contribution in [0.25, 0.3) is 0 Å². The lowest BCUT2D eigenvalue weighted by Crippen LogP contribution is -2.45. The van der Waals surface area contributed by atoms with Crippen molar-refractivity contribution in [2.24, 2.45) is 0 Å². The number of hydrogen-bond donors (Lipinski definition) is 2. The van der Waals surface area contributed by atoms with Crippen LogP contribution in [0.4, 0.5) is 11.5 Å². The molecule has 18 heavy (non-hydrogen) atoms. The third kappa shape index (κ3) is 2.44. The van der Waals surface area contributed by atoms with E-state index in [1.54, 1.807) is 0 Å². The highest BCUT2D eigenvalue weighted by Gasteiger charge is 2.25. The summed E-state index contributed by atoms with van der Waals surface area (Å²) in [4.78, 5) is 2.16. The lowest BCUT2D eigenvalue weighted by Gasteiger charge is -2.34. The number of aliphatic hydroxyl groups is 1. The number of aryl methyl sites for hydroxylation is 2. The Hall–Kier alpha value is -1.27. The van der Waals surface area contributed by atoms with E-state index in [0.29, 0.717) is 13.2 Å². The number of ether oxygens (including phenoxy) is 1. The molecule has 0 aromatic carbocycles. The van der Waals surface area contributed by atoms with Crippen molar-refractivity contribution in [2.75, 3.05) is 36.9 Å². The van der Waals surface area contributed by atoms with Gasteiger partial charge in [0.15, 0.2) is 5.82 Å². The summed E-state index contributed by atoms with van der Waals surface area (Å²) in [5, 5.41) is 13.7. The smallest absolute Gasteiger partial charge is 0.150 e. The molecule has 0 aliphatic carbocycles. The summed E-state index contributed by atoms with van der Waals surface area (Å²) < 4.78 is 7.43. The van der Waals surface area contributed by atoms with E-state index in [-0.39, 0.29) is 12.7 Å². The minimum atomic E-state index is -0.136. The standard InChI is InChI=1S/C12H22N4O2/c1-3-4-16-12(11(13)9(2)14-16)15-5-6-18-10(7-15)8-17/h10,17H,3-8,13H2,1-2H3. The van der Waals surface area contributed by atoms with Gasteiger partial charge in [-0.05, 0) is 13.3 Å². The van der Waals surface area contributed by atoms with Crippen molar-refractivity contribution in [3.8, 4) is 0 Å². The van der Waals surface area contributed by atoms with Gasteiger partial charge in [-0.2, -0.15) is 5.10 Å². The first-order valence-electron chi connectivity index (χ1n) is 6.47. The summed E-state index contributed by atoms with van der Waals surface area (Å²) >= 11 is 0. The Morgan fingerprint density at radius 2 is 2.33 bits per heavy atom. The van der Waals surface area contributed by atoms with Gasteiger partial charge in [-0.15, -0.1) is 0 Å². The van der Waals surface area contributed by atoms with Crippen molar-refractivity contribution in [1.29, 1.82) is 0 Å². The van der Waals surface area contributed by atoms with Crippen LogP contribution in [-0.4, -0.2) is 47.3 Å². The van der Waals surface area contributed by atoms with E-state index in [1.807, 2.05) is 11.6 Å². The number of hydrogen-bond acceptors (Lipinski definition) is 5. The molecule has 1 saturated heterocycles. The maximum Gasteiger partial charge on any atom is 0.150 e. The van der Waals surface area contributed by atoms with Crippen LogP contribution in [0.1, 0.15) is 19.0 Å². The van der Waals surface area contributed by atoms with Crippen LogP contribution in [0, 0.1) is 6.92 Å². The predicted molar refractivity (Wildman–Crippen MR) is 70.7 cm³/mol. The summed E-state index contributed by atoms with van der Waals surface area (Å²) in [5.74, 6) is 0.969. The molecule has 2 heterocycles.